The average molecular weight is 323 g/mol. The minimum atomic E-state index is 0.573. The van der Waals surface area contributed by atoms with Gasteiger partial charge in [0.05, 0.1) is 6.54 Å². The lowest BCUT2D eigenvalue weighted by molar-refractivity contribution is 0.264. The van der Waals surface area contributed by atoms with Crippen molar-refractivity contribution >= 4 is 17.6 Å². The minimum Gasteiger partial charge on any atom is -0.357 e. The molecule has 1 aliphatic carbocycles. The van der Waals surface area contributed by atoms with Crippen LogP contribution in [0.5, 0.6) is 0 Å². The van der Waals surface area contributed by atoms with Gasteiger partial charge < -0.3 is 15.5 Å². The van der Waals surface area contributed by atoms with Gasteiger partial charge in [0, 0.05) is 24.2 Å². The van der Waals surface area contributed by atoms with Crippen molar-refractivity contribution in [3.63, 3.8) is 0 Å². The van der Waals surface area contributed by atoms with E-state index in [0.29, 0.717) is 12.6 Å². The topological polar surface area (TPSA) is 39.7 Å². The smallest absolute Gasteiger partial charge is 0.191 e. The molecule has 22 heavy (non-hydrogen) atoms. The number of rotatable bonds is 7. The third-order valence-corrected chi connectivity index (χ3v) is 4.39. The van der Waals surface area contributed by atoms with E-state index in [9.17, 15) is 0 Å². The summed E-state index contributed by atoms with van der Waals surface area (Å²) in [6, 6.07) is 8.43. The molecule has 0 heterocycles. The first-order valence-electron chi connectivity index (χ1n) is 8.03. The molecular formula is C17H27ClN4. The van der Waals surface area contributed by atoms with Gasteiger partial charge >= 0.3 is 0 Å². The molecule has 0 saturated heterocycles. The van der Waals surface area contributed by atoms with Crippen molar-refractivity contribution < 1.29 is 0 Å². The van der Waals surface area contributed by atoms with Crippen molar-refractivity contribution in [2.75, 3.05) is 27.2 Å². The molecule has 0 aliphatic heterocycles. The summed E-state index contributed by atoms with van der Waals surface area (Å²) in [7, 11) is 4.30. The number of benzene rings is 1. The number of nitrogens with one attached hydrogen (secondary N) is 2. The van der Waals surface area contributed by atoms with E-state index in [1.54, 1.807) is 0 Å². The Bertz CT molecular complexity index is 495. The zero-order chi connectivity index (χ0) is 15.9. The summed E-state index contributed by atoms with van der Waals surface area (Å²) in [5.41, 5.74) is 1.05. The van der Waals surface area contributed by atoms with Crippen molar-refractivity contribution in [2.45, 2.75) is 32.4 Å². The molecule has 0 bridgehead atoms. The lowest BCUT2D eigenvalue weighted by atomic mass is 10.1. The highest BCUT2D eigenvalue weighted by molar-refractivity contribution is 6.31. The fourth-order valence-electron chi connectivity index (χ4n) is 2.59. The molecular weight excluding hydrogens is 296 g/mol. The molecule has 0 aromatic heterocycles. The maximum absolute atomic E-state index is 6.19. The predicted octanol–water partition coefficient (Wildman–Crippen LogP) is 2.74. The summed E-state index contributed by atoms with van der Waals surface area (Å²) in [4.78, 5) is 6.95. The number of halogens is 1. The molecule has 1 saturated carbocycles. The van der Waals surface area contributed by atoms with Crippen molar-refractivity contribution in [1.82, 2.24) is 15.5 Å². The Balaban J connectivity index is 1.93. The summed E-state index contributed by atoms with van der Waals surface area (Å²) in [5, 5.41) is 7.54. The Morgan fingerprint density at radius 3 is 2.64 bits per heavy atom. The van der Waals surface area contributed by atoms with Crippen LogP contribution in [0.4, 0.5) is 0 Å². The second kappa shape index (κ2) is 8.39. The molecule has 0 radical (unpaired) electrons. The number of likely N-dealkylation sites (N-methyl/N-ethyl adjacent to an activating group) is 1. The van der Waals surface area contributed by atoms with Crippen LogP contribution >= 0.6 is 11.6 Å². The van der Waals surface area contributed by atoms with Gasteiger partial charge in [-0.3, -0.25) is 0 Å². The third-order valence-electron chi connectivity index (χ3n) is 4.02. The van der Waals surface area contributed by atoms with E-state index >= 15 is 0 Å². The van der Waals surface area contributed by atoms with Crippen LogP contribution in [0, 0.1) is 5.92 Å². The summed E-state index contributed by atoms with van der Waals surface area (Å²) in [6.07, 6.45) is 2.69. The van der Waals surface area contributed by atoms with Gasteiger partial charge in [0.25, 0.3) is 0 Å². The number of nitrogens with zero attached hydrogens (tertiary/aromatic N) is 2. The second-order valence-corrected chi connectivity index (χ2v) is 6.44. The van der Waals surface area contributed by atoms with Crippen molar-refractivity contribution in [1.29, 1.82) is 0 Å². The predicted molar refractivity (Wildman–Crippen MR) is 94.5 cm³/mol. The summed E-state index contributed by atoms with van der Waals surface area (Å²) in [5.74, 6) is 1.68. The molecule has 1 aliphatic rings. The molecule has 0 spiro atoms. The third kappa shape index (κ3) is 5.18. The van der Waals surface area contributed by atoms with E-state index in [1.807, 2.05) is 24.3 Å². The monoisotopic (exact) mass is 322 g/mol. The fraction of sp³-hybridized carbons (Fsp3) is 0.588. The highest BCUT2D eigenvalue weighted by Gasteiger charge is 2.32. The zero-order valence-electron chi connectivity index (χ0n) is 13.8. The van der Waals surface area contributed by atoms with Crippen LogP contribution in [0.25, 0.3) is 0 Å². The SMILES string of the molecule is CCNC(=NCc1ccccc1Cl)NCC(C1CC1)N(C)C. The molecule has 1 atom stereocenters. The van der Waals surface area contributed by atoms with Crippen molar-refractivity contribution in [2.24, 2.45) is 10.9 Å². The average Bonchev–Trinajstić information content (AvgIpc) is 3.30. The van der Waals surface area contributed by atoms with E-state index in [-0.39, 0.29) is 0 Å². The van der Waals surface area contributed by atoms with Crippen LogP contribution in [0.2, 0.25) is 5.02 Å². The summed E-state index contributed by atoms with van der Waals surface area (Å²) in [6.45, 7) is 4.44. The van der Waals surface area contributed by atoms with Crippen LogP contribution in [0.1, 0.15) is 25.3 Å². The molecule has 122 valence electrons. The van der Waals surface area contributed by atoms with Crippen molar-refractivity contribution in [3.8, 4) is 0 Å². The Kier molecular flexibility index (Phi) is 6.52. The van der Waals surface area contributed by atoms with E-state index in [1.165, 1.54) is 12.8 Å². The molecule has 1 fully saturated rings. The first-order chi connectivity index (χ1) is 10.6. The molecule has 4 nitrogen and oxygen atoms in total. The van der Waals surface area contributed by atoms with Gasteiger partial charge in [0.1, 0.15) is 0 Å². The molecule has 2 N–H and O–H groups in total. The Labute approximate surface area is 138 Å². The standard InChI is InChI=1S/C17H27ClN4/c1-4-19-17(20-11-14-7-5-6-8-15(14)18)21-12-16(22(2)3)13-9-10-13/h5-8,13,16H,4,9-12H2,1-3H3,(H2,19,20,21). The van der Waals surface area contributed by atoms with Crippen LogP contribution in [0.3, 0.4) is 0 Å². The van der Waals surface area contributed by atoms with E-state index in [2.05, 4.69) is 41.5 Å². The number of guanidine groups is 1. The zero-order valence-corrected chi connectivity index (χ0v) is 14.5. The van der Waals surface area contributed by atoms with E-state index in [4.69, 9.17) is 11.6 Å². The normalized spacial score (nSPS) is 16.7. The Morgan fingerprint density at radius 1 is 1.32 bits per heavy atom. The second-order valence-electron chi connectivity index (χ2n) is 6.04. The van der Waals surface area contributed by atoms with Gasteiger partial charge in [-0.15, -0.1) is 0 Å². The van der Waals surface area contributed by atoms with E-state index in [0.717, 1.165) is 35.6 Å². The van der Waals surface area contributed by atoms with Gasteiger partial charge in [-0.05, 0) is 51.4 Å². The quantitative estimate of drug-likeness (QED) is 0.599. The van der Waals surface area contributed by atoms with Crippen LogP contribution in [-0.4, -0.2) is 44.1 Å². The maximum Gasteiger partial charge on any atom is 0.191 e. The maximum atomic E-state index is 6.19. The summed E-state index contributed by atoms with van der Waals surface area (Å²) < 4.78 is 0. The van der Waals surface area contributed by atoms with Gasteiger partial charge in [-0.25, -0.2) is 4.99 Å². The van der Waals surface area contributed by atoms with Crippen LogP contribution in [-0.2, 0) is 6.54 Å². The minimum absolute atomic E-state index is 0.573. The molecule has 1 aromatic carbocycles. The van der Waals surface area contributed by atoms with Gasteiger partial charge in [-0.1, -0.05) is 29.8 Å². The fourth-order valence-corrected chi connectivity index (χ4v) is 2.78. The largest absolute Gasteiger partial charge is 0.357 e. The lowest BCUT2D eigenvalue weighted by Crippen LogP contribution is -2.46. The van der Waals surface area contributed by atoms with Crippen LogP contribution in [0.15, 0.2) is 29.3 Å². The highest BCUT2D eigenvalue weighted by atomic mass is 35.5. The lowest BCUT2D eigenvalue weighted by Gasteiger charge is -2.25. The van der Waals surface area contributed by atoms with Crippen molar-refractivity contribution in [3.05, 3.63) is 34.9 Å². The molecule has 1 aromatic rings. The Morgan fingerprint density at radius 2 is 2.05 bits per heavy atom. The molecule has 1 unspecified atom stereocenters. The molecule has 5 heteroatoms. The highest BCUT2D eigenvalue weighted by Crippen LogP contribution is 2.34. The number of hydrogen-bond donors (Lipinski definition) is 2. The number of hydrogen-bond acceptors (Lipinski definition) is 2. The number of aliphatic imine (C=N–C) groups is 1. The van der Waals surface area contributed by atoms with E-state index < -0.39 is 0 Å². The molecule has 0 amide bonds. The van der Waals surface area contributed by atoms with Gasteiger partial charge in [0.2, 0.25) is 0 Å². The van der Waals surface area contributed by atoms with Crippen LogP contribution < -0.4 is 10.6 Å². The summed E-state index contributed by atoms with van der Waals surface area (Å²) >= 11 is 6.19. The first-order valence-corrected chi connectivity index (χ1v) is 8.41. The first kappa shape index (κ1) is 17.1. The van der Waals surface area contributed by atoms with Gasteiger partial charge in [0.15, 0.2) is 5.96 Å². The van der Waals surface area contributed by atoms with Gasteiger partial charge in [-0.2, -0.15) is 0 Å². The Hall–Kier alpha value is -1.26. The molecule has 2 rings (SSSR count).